The minimum Gasteiger partial charge on any atom is -0.480 e. The van der Waals surface area contributed by atoms with Gasteiger partial charge in [0, 0.05) is 12.0 Å². The summed E-state index contributed by atoms with van der Waals surface area (Å²) in [5.41, 5.74) is 4.65. The van der Waals surface area contributed by atoms with Crippen molar-refractivity contribution in [2.24, 2.45) is 11.7 Å². The van der Waals surface area contributed by atoms with Crippen molar-refractivity contribution >= 4 is 11.9 Å². The van der Waals surface area contributed by atoms with Crippen LogP contribution in [0, 0.1) is 5.92 Å². The maximum Gasteiger partial charge on any atom is 0.329 e. The third kappa shape index (κ3) is 3.70. The lowest BCUT2D eigenvalue weighted by Crippen LogP contribution is -2.54. The quantitative estimate of drug-likeness (QED) is 0.690. The minimum absolute atomic E-state index is 0.0830. The van der Waals surface area contributed by atoms with Gasteiger partial charge in [0.2, 0.25) is 5.91 Å². The van der Waals surface area contributed by atoms with Gasteiger partial charge in [-0.25, -0.2) is 4.79 Å². The van der Waals surface area contributed by atoms with Crippen LogP contribution in [0.4, 0.5) is 0 Å². The molecule has 0 heterocycles. The van der Waals surface area contributed by atoms with Crippen LogP contribution in [0.25, 0.3) is 0 Å². The van der Waals surface area contributed by atoms with Crippen LogP contribution < -0.4 is 11.1 Å². The molecule has 104 valence electrons. The minimum atomic E-state index is -1.15. The molecule has 18 heavy (non-hydrogen) atoms. The fourth-order valence-corrected chi connectivity index (χ4v) is 2.48. The van der Waals surface area contributed by atoms with Gasteiger partial charge >= 0.3 is 5.97 Å². The Balaban J connectivity index is 2.59. The number of hydrogen-bond acceptors (Lipinski definition) is 3. The van der Waals surface area contributed by atoms with Gasteiger partial charge in [-0.05, 0) is 39.0 Å². The Kier molecular flexibility index (Phi) is 5.14. The summed E-state index contributed by atoms with van der Waals surface area (Å²) in [6.45, 7) is 3.48. The SMILES string of the molecule is CCCC(C)(NC(=O)C1CCC(N)CC1)C(=O)O. The van der Waals surface area contributed by atoms with E-state index in [1.165, 1.54) is 0 Å². The molecule has 0 spiro atoms. The zero-order chi connectivity index (χ0) is 13.8. The molecule has 1 aliphatic carbocycles. The van der Waals surface area contributed by atoms with Crippen molar-refractivity contribution in [1.29, 1.82) is 0 Å². The molecule has 4 N–H and O–H groups in total. The molecule has 1 aliphatic rings. The summed E-state index contributed by atoms with van der Waals surface area (Å²) in [5, 5.41) is 11.9. The summed E-state index contributed by atoms with van der Waals surface area (Å²) in [4.78, 5) is 23.3. The topological polar surface area (TPSA) is 92.4 Å². The monoisotopic (exact) mass is 256 g/mol. The summed E-state index contributed by atoms with van der Waals surface area (Å²) >= 11 is 0. The number of carbonyl (C=O) groups excluding carboxylic acids is 1. The van der Waals surface area contributed by atoms with Gasteiger partial charge in [-0.1, -0.05) is 13.3 Å². The van der Waals surface area contributed by atoms with Crippen LogP contribution in [-0.4, -0.2) is 28.6 Å². The summed E-state index contributed by atoms with van der Waals surface area (Å²) in [6, 6.07) is 0.190. The average Bonchev–Trinajstić information content (AvgIpc) is 2.29. The van der Waals surface area contributed by atoms with Crippen LogP contribution >= 0.6 is 0 Å². The maximum absolute atomic E-state index is 12.1. The van der Waals surface area contributed by atoms with Gasteiger partial charge in [-0.15, -0.1) is 0 Å². The predicted octanol–water partition coefficient (Wildman–Crippen LogP) is 1.26. The van der Waals surface area contributed by atoms with Crippen LogP contribution in [0.1, 0.15) is 52.4 Å². The molecular formula is C13H24N2O3. The van der Waals surface area contributed by atoms with E-state index in [-0.39, 0.29) is 17.9 Å². The molecule has 1 amide bonds. The molecule has 5 heteroatoms. The Morgan fingerprint density at radius 2 is 1.89 bits per heavy atom. The highest BCUT2D eigenvalue weighted by molar-refractivity contribution is 5.87. The second-order valence-electron chi connectivity index (χ2n) is 5.49. The van der Waals surface area contributed by atoms with E-state index in [2.05, 4.69) is 5.32 Å². The number of carboxylic acids is 1. The first-order valence-corrected chi connectivity index (χ1v) is 6.70. The van der Waals surface area contributed by atoms with Gasteiger partial charge in [-0.3, -0.25) is 4.79 Å². The molecule has 0 aromatic rings. The highest BCUT2D eigenvalue weighted by atomic mass is 16.4. The van der Waals surface area contributed by atoms with Crippen LogP contribution in [0.3, 0.4) is 0 Å². The highest BCUT2D eigenvalue weighted by Crippen LogP contribution is 2.24. The van der Waals surface area contributed by atoms with Crippen molar-refractivity contribution in [2.75, 3.05) is 0 Å². The van der Waals surface area contributed by atoms with Gasteiger partial charge in [-0.2, -0.15) is 0 Å². The molecule has 1 saturated carbocycles. The van der Waals surface area contributed by atoms with Crippen LogP contribution in [0.5, 0.6) is 0 Å². The first-order valence-electron chi connectivity index (χ1n) is 6.70. The van der Waals surface area contributed by atoms with Crippen LogP contribution in [0.15, 0.2) is 0 Å². The number of hydrogen-bond donors (Lipinski definition) is 3. The molecular weight excluding hydrogens is 232 g/mol. The summed E-state index contributed by atoms with van der Waals surface area (Å²) in [7, 11) is 0. The lowest BCUT2D eigenvalue weighted by Gasteiger charge is -2.31. The molecule has 0 radical (unpaired) electrons. The standard InChI is InChI=1S/C13H24N2O3/c1-3-8-13(2,12(17)18)15-11(16)9-4-6-10(14)7-5-9/h9-10H,3-8,14H2,1-2H3,(H,15,16)(H,17,18). The number of nitrogens with two attached hydrogens (primary N) is 1. The van der Waals surface area contributed by atoms with Crippen molar-refractivity contribution in [1.82, 2.24) is 5.32 Å². The van der Waals surface area contributed by atoms with Gasteiger partial charge in [0.15, 0.2) is 0 Å². The Hall–Kier alpha value is -1.10. The van der Waals surface area contributed by atoms with Crippen molar-refractivity contribution in [3.8, 4) is 0 Å². The Morgan fingerprint density at radius 3 is 2.33 bits per heavy atom. The molecule has 1 fully saturated rings. The number of carbonyl (C=O) groups is 2. The molecule has 1 rings (SSSR count). The maximum atomic E-state index is 12.1. The molecule has 0 saturated heterocycles. The van der Waals surface area contributed by atoms with Crippen molar-refractivity contribution in [3.05, 3.63) is 0 Å². The Morgan fingerprint density at radius 1 is 1.33 bits per heavy atom. The van der Waals surface area contributed by atoms with E-state index in [1.54, 1.807) is 6.92 Å². The third-order valence-corrected chi connectivity index (χ3v) is 3.76. The van der Waals surface area contributed by atoms with E-state index < -0.39 is 11.5 Å². The second-order valence-corrected chi connectivity index (χ2v) is 5.49. The lowest BCUT2D eigenvalue weighted by molar-refractivity contribution is -0.148. The van der Waals surface area contributed by atoms with E-state index in [9.17, 15) is 14.7 Å². The number of aliphatic carboxylic acids is 1. The van der Waals surface area contributed by atoms with Crippen LogP contribution in [0.2, 0.25) is 0 Å². The number of amides is 1. The van der Waals surface area contributed by atoms with E-state index >= 15 is 0 Å². The van der Waals surface area contributed by atoms with Crippen LogP contribution in [-0.2, 0) is 9.59 Å². The summed E-state index contributed by atoms with van der Waals surface area (Å²) in [5.74, 6) is -1.19. The van der Waals surface area contributed by atoms with Gasteiger partial charge in [0.25, 0.3) is 0 Å². The molecule has 1 atom stereocenters. The molecule has 5 nitrogen and oxygen atoms in total. The van der Waals surface area contributed by atoms with E-state index in [1.807, 2.05) is 6.92 Å². The molecule has 0 aromatic heterocycles. The van der Waals surface area contributed by atoms with Crippen molar-refractivity contribution < 1.29 is 14.7 Å². The first-order chi connectivity index (χ1) is 8.39. The summed E-state index contributed by atoms with van der Waals surface area (Å²) < 4.78 is 0. The predicted molar refractivity (Wildman–Crippen MR) is 69.0 cm³/mol. The lowest BCUT2D eigenvalue weighted by atomic mass is 9.85. The molecule has 0 aromatic carbocycles. The number of rotatable bonds is 5. The Bertz CT molecular complexity index is 311. The van der Waals surface area contributed by atoms with E-state index in [0.29, 0.717) is 6.42 Å². The summed E-state index contributed by atoms with van der Waals surface area (Å²) in [6.07, 6.45) is 4.37. The number of carboxylic acid groups (broad SMARTS) is 1. The van der Waals surface area contributed by atoms with Gasteiger partial charge in [0.05, 0.1) is 0 Å². The van der Waals surface area contributed by atoms with E-state index in [4.69, 9.17) is 5.73 Å². The fraction of sp³-hybridized carbons (Fsp3) is 0.846. The van der Waals surface area contributed by atoms with E-state index in [0.717, 1.165) is 32.1 Å². The normalized spacial score (nSPS) is 27.3. The highest BCUT2D eigenvalue weighted by Gasteiger charge is 2.36. The van der Waals surface area contributed by atoms with Crippen molar-refractivity contribution in [2.45, 2.75) is 64.0 Å². The average molecular weight is 256 g/mol. The molecule has 0 bridgehead atoms. The fourth-order valence-electron chi connectivity index (χ4n) is 2.48. The second kappa shape index (κ2) is 6.18. The van der Waals surface area contributed by atoms with Gasteiger partial charge < -0.3 is 16.2 Å². The Labute approximate surface area is 108 Å². The number of nitrogens with one attached hydrogen (secondary N) is 1. The zero-order valence-electron chi connectivity index (χ0n) is 11.2. The van der Waals surface area contributed by atoms with Gasteiger partial charge in [0.1, 0.15) is 5.54 Å². The zero-order valence-corrected chi connectivity index (χ0v) is 11.2. The molecule has 1 unspecified atom stereocenters. The largest absolute Gasteiger partial charge is 0.480 e. The first kappa shape index (κ1) is 15.0. The third-order valence-electron chi connectivity index (χ3n) is 3.76. The smallest absolute Gasteiger partial charge is 0.329 e. The van der Waals surface area contributed by atoms with Crippen molar-refractivity contribution in [3.63, 3.8) is 0 Å². The molecule has 0 aliphatic heterocycles.